The van der Waals surface area contributed by atoms with E-state index in [1.54, 1.807) is 0 Å². The fraction of sp³-hybridized carbons (Fsp3) is 0.100. The van der Waals surface area contributed by atoms with Crippen LogP contribution in [0.4, 0.5) is 13.2 Å². The molecule has 0 spiro atoms. The maximum absolute atomic E-state index is 12.1. The molecule has 4 nitrogen and oxygen atoms in total. The van der Waals surface area contributed by atoms with Crippen LogP contribution in [-0.4, -0.2) is 16.5 Å². The molecule has 0 atom stereocenters. The van der Waals surface area contributed by atoms with Gasteiger partial charge in [0.1, 0.15) is 0 Å². The second kappa shape index (κ2) is 4.73. The van der Waals surface area contributed by atoms with Gasteiger partial charge >= 0.3 is 6.36 Å². The smallest absolute Gasteiger partial charge is 0.498 e. The highest BCUT2D eigenvalue weighted by atomic mass is 32.1. The van der Waals surface area contributed by atoms with Gasteiger partial charge in [0.15, 0.2) is 16.6 Å². The Hall–Kier alpha value is -1.96. The van der Waals surface area contributed by atoms with Crippen molar-refractivity contribution in [1.82, 2.24) is 4.98 Å². The van der Waals surface area contributed by atoms with Crippen molar-refractivity contribution in [3.05, 3.63) is 30.5 Å². The van der Waals surface area contributed by atoms with Gasteiger partial charge in [-0.25, -0.2) is 4.98 Å². The van der Waals surface area contributed by atoms with Crippen LogP contribution >= 0.6 is 11.3 Å². The zero-order valence-corrected chi connectivity index (χ0v) is 9.46. The number of hydrogen-bond donors (Lipinski definition) is 1. The Morgan fingerprint density at radius 2 is 1.83 bits per heavy atom. The molecule has 0 aliphatic carbocycles. The molecule has 0 aliphatic rings. The average Bonchev–Trinajstić information content (AvgIpc) is 2.65. The molecule has 2 rings (SSSR count). The summed E-state index contributed by atoms with van der Waals surface area (Å²) in [6.45, 7) is 0. The van der Waals surface area contributed by atoms with Crippen molar-refractivity contribution in [2.45, 2.75) is 6.36 Å². The standard InChI is InChI=1S/C10H6F3NO3S/c11-10(12,13)17-7-4-2-1-3-6(7)16-9-14-5-8(15)18-9/h1-5,15H. The topological polar surface area (TPSA) is 51.6 Å². The second-order valence-electron chi connectivity index (χ2n) is 3.06. The predicted octanol–water partition coefficient (Wildman–Crippen LogP) is 3.54. The van der Waals surface area contributed by atoms with Crippen molar-refractivity contribution in [1.29, 1.82) is 0 Å². The van der Waals surface area contributed by atoms with Gasteiger partial charge in [-0.1, -0.05) is 12.1 Å². The van der Waals surface area contributed by atoms with Crippen LogP contribution in [0.5, 0.6) is 21.8 Å². The molecule has 0 fully saturated rings. The van der Waals surface area contributed by atoms with E-state index in [4.69, 9.17) is 9.84 Å². The largest absolute Gasteiger partial charge is 0.573 e. The van der Waals surface area contributed by atoms with Gasteiger partial charge in [-0.15, -0.1) is 13.2 Å². The number of benzene rings is 1. The van der Waals surface area contributed by atoms with Crippen LogP contribution in [0.2, 0.25) is 0 Å². The number of alkyl halides is 3. The van der Waals surface area contributed by atoms with Crippen LogP contribution in [0.25, 0.3) is 0 Å². The monoisotopic (exact) mass is 277 g/mol. The summed E-state index contributed by atoms with van der Waals surface area (Å²) < 4.78 is 45.3. The first-order valence-electron chi connectivity index (χ1n) is 4.61. The lowest BCUT2D eigenvalue weighted by Crippen LogP contribution is -2.17. The van der Waals surface area contributed by atoms with E-state index < -0.39 is 12.1 Å². The number of hydrogen-bond acceptors (Lipinski definition) is 5. The molecule has 1 heterocycles. The zero-order valence-electron chi connectivity index (χ0n) is 8.64. The fourth-order valence-corrected chi connectivity index (χ4v) is 1.66. The predicted molar refractivity (Wildman–Crippen MR) is 57.0 cm³/mol. The lowest BCUT2D eigenvalue weighted by Gasteiger charge is -2.12. The minimum atomic E-state index is -4.80. The van der Waals surface area contributed by atoms with Gasteiger partial charge in [0.05, 0.1) is 6.20 Å². The number of aromatic nitrogens is 1. The van der Waals surface area contributed by atoms with Crippen molar-refractivity contribution >= 4 is 11.3 Å². The number of ether oxygens (including phenoxy) is 2. The van der Waals surface area contributed by atoms with Gasteiger partial charge in [-0.2, -0.15) is 0 Å². The van der Waals surface area contributed by atoms with E-state index in [-0.39, 0.29) is 16.0 Å². The summed E-state index contributed by atoms with van der Waals surface area (Å²) in [6.07, 6.45) is -3.67. The van der Waals surface area contributed by atoms with Crippen LogP contribution in [0.15, 0.2) is 30.5 Å². The summed E-state index contributed by atoms with van der Waals surface area (Å²) in [4.78, 5) is 3.66. The summed E-state index contributed by atoms with van der Waals surface area (Å²) in [5.74, 6) is -0.608. The van der Waals surface area contributed by atoms with E-state index in [0.717, 1.165) is 23.6 Å². The maximum Gasteiger partial charge on any atom is 0.573 e. The van der Waals surface area contributed by atoms with E-state index in [1.807, 2.05) is 0 Å². The molecule has 1 aromatic heterocycles. The normalized spacial score (nSPS) is 11.3. The first kappa shape index (κ1) is 12.5. The van der Waals surface area contributed by atoms with Crippen LogP contribution in [-0.2, 0) is 0 Å². The van der Waals surface area contributed by atoms with Gasteiger partial charge in [-0.05, 0) is 23.5 Å². The van der Waals surface area contributed by atoms with E-state index >= 15 is 0 Å². The molecule has 1 N–H and O–H groups in total. The minimum Gasteiger partial charge on any atom is -0.498 e. The summed E-state index contributed by atoms with van der Waals surface area (Å²) in [5, 5.41) is 8.97. The quantitative estimate of drug-likeness (QED) is 0.932. The average molecular weight is 277 g/mol. The molecule has 18 heavy (non-hydrogen) atoms. The molecule has 0 aliphatic heterocycles. The number of thiazole rings is 1. The fourth-order valence-electron chi connectivity index (χ4n) is 1.13. The molecular formula is C10H6F3NO3S. The molecule has 0 radical (unpaired) electrons. The van der Waals surface area contributed by atoms with Gasteiger partial charge < -0.3 is 14.6 Å². The van der Waals surface area contributed by atoms with Crippen LogP contribution in [0.1, 0.15) is 0 Å². The minimum absolute atomic E-state index is 0.0192. The summed E-state index contributed by atoms with van der Waals surface area (Å²) >= 11 is 0.795. The molecule has 0 unspecified atom stereocenters. The second-order valence-corrected chi connectivity index (χ2v) is 4.03. The molecule has 1 aromatic carbocycles. The first-order chi connectivity index (χ1) is 8.44. The highest BCUT2D eigenvalue weighted by molar-refractivity contribution is 7.15. The number of aromatic hydroxyl groups is 1. The van der Waals surface area contributed by atoms with Crippen LogP contribution in [0.3, 0.4) is 0 Å². The Morgan fingerprint density at radius 1 is 1.17 bits per heavy atom. The van der Waals surface area contributed by atoms with Crippen molar-refractivity contribution in [2.75, 3.05) is 0 Å². The van der Waals surface area contributed by atoms with Gasteiger partial charge in [0.25, 0.3) is 5.19 Å². The van der Waals surface area contributed by atoms with E-state index in [0.29, 0.717) is 0 Å². The van der Waals surface area contributed by atoms with E-state index in [9.17, 15) is 13.2 Å². The Bertz CT molecular complexity index is 541. The van der Waals surface area contributed by atoms with Crippen LogP contribution < -0.4 is 9.47 Å². The van der Waals surface area contributed by atoms with Crippen molar-refractivity contribution < 1.29 is 27.8 Å². The Morgan fingerprint density at radius 3 is 2.39 bits per heavy atom. The third-order valence-electron chi connectivity index (χ3n) is 1.74. The Balaban J connectivity index is 2.22. The number of rotatable bonds is 3. The molecular weight excluding hydrogens is 271 g/mol. The third kappa shape index (κ3) is 3.27. The highest BCUT2D eigenvalue weighted by Crippen LogP contribution is 2.37. The molecule has 0 saturated heterocycles. The van der Waals surface area contributed by atoms with Gasteiger partial charge in [-0.3, -0.25) is 0 Å². The summed E-state index contributed by atoms with van der Waals surface area (Å²) in [6, 6.07) is 5.30. The number of halogens is 3. The van der Waals surface area contributed by atoms with E-state index in [2.05, 4.69) is 9.72 Å². The van der Waals surface area contributed by atoms with Crippen LogP contribution in [0, 0.1) is 0 Å². The molecule has 2 aromatic rings. The number of nitrogens with zero attached hydrogens (tertiary/aromatic N) is 1. The van der Waals surface area contributed by atoms with Gasteiger partial charge in [0.2, 0.25) is 0 Å². The lowest BCUT2D eigenvalue weighted by atomic mass is 10.3. The lowest BCUT2D eigenvalue weighted by molar-refractivity contribution is -0.275. The third-order valence-corrected chi connectivity index (χ3v) is 2.42. The zero-order chi connectivity index (χ0) is 13.2. The van der Waals surface area contributed by atoms with Crippen molar-refractivity contribution in [2.24, 2.45) is 0 Å². The molecule has 96 valence electrons. The van der Waals surface area contributed by atoms with Crippen molar-refractivity contribution in [3.63, 3.8) is 0 Å². The molecule has 0 saturated carbocycles. The van der Waals surface area contributed by atoms with Gasteiger partial charge in [0, 0.05) is 0 Å². The molecule has 8 heteroatoms. The summed E-state index contributed by atoms with van der Waals surface area (Å²) in [5.41, 5.74) is 0. The highest BCUT2D eigenvalue weighted by Gasteiger charge is 2.32. The summed E-state index contributed by atoms with van der Waals surface area (Å²) in [7, 11) is 0. The number of para-hydroxylation sites is 2. The van der Waals surface area contributed by atoms with E-state index in [1.165, 1.54) is 18.2 Å². The molecule has 0 amide bonds. The Labute approximate surface area is 103 Å². The first-order valence-corrected chi connectivity index (χ1v) is 5.43. The van der Waals surface area contributed by atoms with Crippen molar-refractivity contribution in [3.8, 4) is 21.8 Å². The maximum atomic E-state index is 12.1. The Kier molecular flexibility index (Phi) is 3.28. The molecule has 0 bridgehead atoms. The SMILES string of the molecule is Oc1cnc(Oc2ccccc2OC(F)(F)F)s1.